The van der Waals surface area contributed by atoms with Gasteiger partial charge in [0, 0.05) is 5.54 Å². The molecule has 1 aromatic heterocycles. The highest BCUT2D eigenvalue weighted by Gasteiger charge is 2.38. The van der Waals surface area contributed by atoms with Gasteiger partial charge in [-0.3, -0.25) is 4.79 Å². The number of aromatic nitrogens is 1. The minimum atomic E-state index is -0.139. The number of hydrogen-bond donors (Lipinski definition) is 2. The third kappa shape index (κ3) is 2.32. The Labute approximate surface area is 95.3 Å². The van der Waals surface area contributed by atoms with Crippen molar-refractivity contribution in [2.24, 2.45) is 5.92 Å². The molecule has 1 saturated carbocycles. The Bertz CT molecular complexity index is 393. The van der Waals surface area contributed by atoms with Gasteiger partial charge < -0.3 is 11.1 Å². The summed E-state index contributed by atoms with van der Waals surface area (Å²) < 4.78 is 0. The standard InChI is InChI=1S/C12H17N3O/c1-12(2,8-3-4-8)15-11(16)10-6-5-9(13)7-14-10/h5-8H,3-4,13H2,1-2H3,(H,15,16). The van der Waals surface area contributed by atoms with Gasteiger partial charge in [-0.15, -0.1) is 0 Å². The molecule has 0 atom stereocenters. The number of carbonyl (C=O) groups excluding carboxylic acids is 1. The molecule has 4 nitrogen and oxygen atoms in total. The minimum absolute atomic E-state index is 0.128. The Morgan fingerprint density at radius 1 is 1.50 bits per heavy atom. The lowest BCUT2D eigenvalue weighted by Gasteiger charge is -2.25. The second-order valence-electron chi connectivity index (χ2n) is 4.93. The summed E-state index contributed by atoms with van der Waals surface area (Å²) >= 11 is 0. The number of nitrogens with one attached hydrogen (secondary N) is 1. The van der Waals surface area contributed by atoms with Crippen molar-refractivity contribution in [1.29, 1.82) is 0 Å². The van der Waals surface area contributed by atoms with Crippen LogP contribution in [0.1, 0.15) is 37.2 Å². The van der Waals surface area contributed by atoms with Crippen molar-refractivity contribution in [3.05, 3.63) is 24.0 Å². The van der Waals surface area contributed by atoms with Crippen molar-refractivity contribution in [2.75, 3.05) is 5.73 Å². The van der Waals surface area contributed by atoms with Crippen LogP contribution in [0.4, 0.5) is 5.69 Å². The lowest BCUT2D eigenvalue weighted by atomic mass is 9.98. The van der Waals surface area contributed by atoms with E-state index in [1.165, 1.54) is 19.0 Å². The summed E-state index contributed by atoms with van der Waals surface area (Å²) in [7, 11) is 0. The van der Waals surface area contributed by atoms with Gasteiger partial charge in [-0.25, -0.2) is 4.98 Å². The first-order valence-corrected chi connectivity index (χ1v) is 5.53. The molecule has 1 amide bonds. The van der Waals surface area contributed by atoms with Crippen molar-refractivity contribution in [1.82, 2.24) is 10.3 Å². The molecule has 3 N–H and O–H groups in total. The van der Waals surface area contributed by atoms with E-state index in [1.807, 2.05) is 0 Å². The number of carbonyl (C=O) groups is 1. The van der Waals surface area contributed by atoms with E-state index >= 15 is 0 Å². The highest BCUT2D eigenvalue weighted by molar-refractivity contribution is 5.92. The number of amides is 1. The van der Waals surface area contributed by atoms with E-state index in [4.69, 9.17) is 5.73 Å². The number of pyridine rings is 1. The Morgan fingerprint density at radius 2 is 2.19 bits per heavy atom. The molecule has 16 heavy (non-hydrogen) atoms. The van der Waals surface area contributed by atoms with Crippen molar-refractivity contribution in [3.63, 3.8) is 0 Å². The largest absolute Gasteiger partial charge is 0.397 e. The van der Waals surface area contributed by atoms with Crippen LogP contribution in [0.15, 0.2) is 18.3 Å². The third-order valence-corrected chi connectivity index (χ3v) is 3.05. The molecule has 0 saturated heterocycles. The number of rotatable bonds is 3. The van der Waals surface area contributed by atoms with Crippen LogP contribution in [-0.4, -0.2) is 16.4 Å². The van der Waals surface area contributed by atoms with E-state index in [9.17, 15) is 4.79 Å². The first-order chi connectivity index (χ1) is 7.49. The van der Waals surface area contributed by atoms with Gasteiger partial charge >= 0.3 is 0 Å². The zero-order valence-electron chi connectivity index (χ0n) is 9.66. The minimum Gasteiger partial charge on any atom is -0.397 e. The summed E-state index contributed by atoms with van der Waals surface area (Å²) in [5.41, 5.74) is 6.37. The van der Waals surface area contributed by atoms with Crippen LogP contribution in [0.3, 0.4) is 0 Å². The molecule has 0 bridgehead atoms. The second kappa shape index (κ2) is 3.77. The Hall–Kier alpha value is -1.58. The van der Waals surface area contributed by atoms with Crippen molar-refractivity contribution >= 4 is 11.6 Å². The fraction of sp³-hybridized carbons (Fsp3) is 0.500. The van der Waals surface area contributed by atoms with Crippen LogP contribution in [0.25, 0.3) is 0 Å². The van der Waals surface area contributed by atoms with Crippen LogP contribution < -0.4 is 11.1 Å². The Morgan fingerprint density at radius 3 is 2.69 bits per heavy atom. The van der Waals surface area contributed by atoms with Crippen LogP contribution in [0.5, 0.6) is 0 Å². The Balaban J connectivity index is 2.05. The van der Waals surface area contributed by atoms with E-state index in [0.29, 0.717) is 17.3 Å². The van der Waals surface area contributed by atoms with E-state index in [1.54, 1.807) is 12.1 Å². The molecular formula is C12H17N3O. The van der Waals surface area contributed by atoms with Crippen LogP contribution in [0.2, 0.25) is 0 Å². The SMILES string of the molecule is CC(C)(NC(=O)c1ccc(N)cn1)C1CC1. The topological polar surface area (TPSA) is 68.0 Å². The second-order valence-corrected chi connectivity index (χ2v) is 4.93. The average molecular weight is 219 g/mol. The molecule has 1 fully saturated rings. The monoisotopic (exact) mass is 219 g/mol. The van der Waals surface area contributed by atoms with E-state index in [0.717, 1.165) is 0 Å². The first kappa shape index (κ1) is 10.9. The maximum Gasteiger partial charge on any atom is 0.270 e. The van der Waals surface area contributed by atoms with Crippen molar-refractivity contribution in [3.8, 4) is 0 Å². The molecule has 1 aliphatic rings. The smallest absolute Gasteiger partial charge is 0.270 e. The quantitative estimate of drug-likeness (QED) is 0.811. The molecule has 0 aliphatic heterocycles. The lowest BCUT2D eigenvalue weighted by Crippen LogP contribution is -2.45. The van der Waals surface area contributed by atoms with Gasteiger partial charge in [-0.05, 0) is 44.7 Å². The third-order valence-electron chi connectivity index (χ3n) is 3.05. The number of nitrogens with zero attached hydrogens (tertiary/aromatic N) is 1. The normalized spacial score (nSPS) is 15.9. The summed E-state index contributed by atoms with van der Waals surface area (Å²) in [6, 6.07) is 3.33. The van der Waals surface area contributed by atoms with Crippen molar-refractivity contribution in [2.45, 2.75) is 32.2 Å². The maximum absolute atomic E-state index is 11.9. The number of hydrogen-bond acceptors (Lipinski definition) is 3. The first-order valence-electron chi connectivity index (χ1n) is 5.53. The summed E-state index contributed by atoms with van der Waals surface area (Å²) in [5.74, 6) is 0.474. The van der Waals surface area contributed by atoms with Crippen LogP contribution >= 0.6 is 0 Å². The number of anilines is 1. The van der Waals surface area contributed by atoms with Gasteiger partial charge in [-0.1, -0.05) is 0 Å². The molecule has 1 heterocycles. The molecule has 0 spiro atoms. The zero-order valence-corrected chi connectivity index (χ0v) is 9.66. The fourth-order valence-electron chi connectivity index (χ4n) is 1.80. The van der Waals surface area contributed by atoms with Crippen LogP contribution in [-0.2, 0) is 0 Å². The van der Waals surface area contributed by atoms with Gasteiger partial charge in [0.1, 0.15) is 5.69 Å². The average Bonchev–Trinajstić information content (AvgIpc) is 3.01. The van der Waals surface area contributed by atoms with E-state index in [2.05, 4.69) is 24.1 Å². The Kier molecular flexibility index (Phi) is 2.58. The highest BCUT2D eigenvalue weighted by Crippen LogP contribution is 2.39. The predicted molar refractivity (Wildman–Crippen MR) is 62.9 cm³/mol. The molecule has 1 aromatic rings. The molecule has 1 aliphatic carbocycles. The van der Waals surface area contributed by atoms with Crippen LogP contribution in [0, 0.1) is 5.92 Å². The summed E-state index contributed by atoms with van der Waals surface area (Å²) in [5, 5.41) is 3.01. The molecule has 0 aromatic carbocycles. The number of nitrogen functional groups attached to an aromatic ring is 1. The molecule has 86 valence electrons. The molecule has 2 rings (SSSR count). The molecule has 0 unspecified atom stereocenters. The molecular weight excluding hydrogens is 202 g/mol. The molecule has 4 heteroatoms. The maximum atomic E-state index is 11.9. The van der Waals surface area contributed by atoms with Gasteiger partial charge in [0.25, 0.3) is 5.91 Å². The summed E-state index contributed by atoms with van der Waals surface area (Å²) in [6.45, 7) is 4.11. The highest BCUT2D eigenvalue weighted by atomic mass is 16.2. The number of nitrogens with two attached hydrogens (primary N) is 1. The van der Waals surface area contributed by atoms with Gasteiger partial charge in [0.15, 0.2) is 0 Å². The summed E-state index contributed by atoms with van der Waals surface area (Å²) in [4.78, 5) is 15.9. The predicted octanol–water partition coefficient (Wildman–Crippen LogP) is 1.58. The van der Waals surface area contributed by atoms with Gasteiger partial charge in [0.2, 0.25) is 0 Å². The summed E-state index contributed by atoms with van der Waals surface area (Å²) in [6.07, 6.45) is 3.89. The van der Waals surface area contributed by atoms with Gasteiger partial charge in [-0.2, -0.15) is 0 Å². The van der Waals surface area contributed by atoms with Gasteiger partial charge in [0.05, 0.1) is 11.9 Å². The van der Waals surface area contributed by atoms with E-state index in [-0.39, 0.29) is 11.4 Å². The zero-order chi connectivity index (χ0) is 11.8. The van der Waals surface area contributed by atoms with Crippen molar-refractivity contribution < 1.29 is 4.79 Å². The molecule has 0 radical (unpaired) electrons. The fourth-order valence-corrected chi connectivity index (χ4v) is 1.80. The van der Waals surface area contributed by atoms with E-state index < -0.39 is 0 Å². The lowest BCUT2D eigenvalue weighted by molar-refractivity contribution is 0.0898.